The standard InChI is InChI=1S/C16H16BrNOS/c1-9-4-5-14(13(6-9)16(18)20)19-12-7-10(2)15(17)11(3)8-12/h4-8H,1-3H3,(H2,18,20). The van der Waals surface area contributed by atoms with Crippen LogP contribution in [0.5, 0.6) is 11.5 Å². The van der Waals surface area contributed by atoms with E-state index in [1.165, 1.54) is 0 Å². The molecule has 104 valence electrons. The highest BCUT2D eigenvalue weighted by atomic mass is 79.9. The number of halogens is 1. The first-order valence-corrected chi connectivity index (χ1v) is 7.43. The monoisotopic (exact) mass is 349 g/mol. The van der Waals surface area contributed by atoms with Crippen LogP contribution in [0.1, 0.15) is 22.3 Å². The zero-order chi connectivity index (χ0) is 14.9. The Balaban J connectivity index is 2.42. The number of ether oxygens (including phenoxy) is 1. The Kier molecular flexibility index (Phi) is 4.45. The smallest absolute Gasteiger partial charge is 0.137 e. The summed E-state index contributed by atoms with van der Waals surface area (Å²) < 4.78 is 7.05. The van der Waals surface area contributed by atoms with Crippen molar-refractivity contribution in [3.8, 4) is 11.5 Å². The molecule has 2 rings (SSSR count). The fourth-order valence-corrected chi connectivity index (χ4v) is 2.41. The van der Waals surface area contributed by atoms with Gasteiger partial charge < -0.3 is 10.5 Å². The van der Waals surface area contributed by atoms with Crippen molar-refractivity contribution in [2.45, 2.75) is 20.8 Å². The van der Waals surface area contributed by atoms with Crippen LogP contribution in [-0.4, -0.2) is 4.99 Å². The number of hydrogen-bond acceptors (Lipinski definition) is 2. The summed E-state index contributed by atoms with van der Waals surface area (Å²) in [6.07, 6.45) is 0. The molecule has 0 unspecified atom stereocenters. The van der Waals surface area contributed by atoms with E-state index < -0.39 is 0 Å². The van der Waals surface area contributed by atoms with E-state index in [0.29, 0.717) is 10.7 Å². The molecule has 0 saturated carbocycles. The van der Waals surface area contributed by atoms with Gasteiger partial charge in [-0.05, 0) is 56.2 Å². The first-order chi connectivity index (χ1) is 9.38. The van der Waals surface area contributed by atoms with Gasteiger partial charge in [0.2, 0.25) is 0 Å². The minimum Gasteiger partial charge on any atom is -0.457 e. The molecule has 0 bridgehead atoms. The number of nitrogens with two attached hydrogens (primary N) is 1. The van der Waals surface area contributed by atoms with Gasteiger partial charge in [0, 0.05) is 4.47 Å². The van der Waals surface area contributed by atoms with Gasteiger partial charge >= 0.3 is 0 Å². The number of rotatable bonds is 3. The van der Waals surface area contributed by atoms with Crippen molar-refractivity contribution in [1.29, 1.82) is 0 Å². The van der Waals surface area contributed by atoms with Crippen LogP contribution in [-0.2, 0) is 0 Å². The molecule has 0 amide bonds. The van der Waals surface area contributed by atoms with Crippen LogP contribution < -0.4 is 10.5 Å². The van der Waals surface area contributed by atoms with Gasteiger partial charge in [-0.3, -0.25) is 0 Å². The van der Waals surface area contributed by atoms with Crippen molar-refractivity contribution in [3.05, 3.63) is 57.1 Å². The second-order valence-corrected chi connectivity index (χ2v) is 6.07. The number of benzene rings is 2. The molecule has 0 aliphatic heterocycles. The predicted octanol–water partition coefficient (Wildman–Crippen LogP) is 4.80. The summed E-state index contributed by atoms with van der Waals surface area (Å²) in [5.41, 5.74) is 9.88. The third kappa shape index (κ3) is 3.19. The second kappa shape index (κ2) is 5.94. The van der Waals surface area contributed by atoms with Crippen LogP contribution in [0.3, 0.4) is 0 Å². The summed E-state index contributed by atoms with van der Waals surface area (Å²) >= 11 is 8.64. The third-order valence-corrected chi connectivity index (χ3v) is 4.51. The number of hydrogen-bond donors (Lipinski definition) is 1. The Morgan fingerprint density at radius 2 is 1.70 bits per heavy atom. The molecule has 0 atom stereocenters. The van der Waals surface area contributed by atoms with Gasteiger partial charge in [-0.15, -0.1) is 0 Å². The minimum atomic E-state index is 0.342. The average molecular weight is 350 g/mol. The Morgan fingerprint density at radius 1 is 1.10 bits per heavy atom. The van der Waals surface area contributed by atoms with Crippen LogP contribution >= 0.6 is 28.1 Å². The van der Waals surface area contributed by atoms with Gasteiger partial charge in [0.05, 0.1) is 5.56 Å². The van der Waals surface area contributed by atoms with E-state index in [1.54, 1.807) is 0 Å². The molecule has 0 aliphatic rings. The van der Waals surface area contributed by atoms with Crippen molar-refractivity contribution >= 4 is 33.1 Å². The Bertz CT molecular complexity index is 659. The van der Waals surface area contributed by atoms with Crippen LogP contribution in [0.15, 0.2) is 34.8 Å². The van der Waals surface area contributed by atoms with Crippen molar-refractivity contribution in [2.75, 3.05) is 0 Å². The zero-order valence-electron chi connectivity index (χ0n) is 11.7. The van der Waals surface area contributed by atoms with Crippen molar-refractivity contribution in [2.24, 2.45) is 5.73 Å². The molecular formula is C16H16BrNOS. The zero-order valence-corrected chi connectivity index (χ0v) is 14.1. The van der Waals surface area contributed by atoms with E-state index in [2.05, 4.69) is 15.9 Å². The van der Waals surface area contributed by atoms with Gasteiger partial charge in [0.1, 0.15) is 16.5 Å². The topological polar surface area (TPSA) is 35.2 Å². The lowest BCUT2D eigenvalue weighted by molar-refractivity contribution is 0.480. The maximum absolute atomic E-state index is 5.95. The summed E-state index contributed by atoms with van der Waals surface area (Å²) in [4.78, 5) is 0.342. The molecule has 0 radical (unpaired) electrons. The van der Waals surface area contributed by atoms with Gasteiger partial charge in [-0.1, -0.05) is 39.8 Å². The van der Waals surface area contributed by atoms with Gasteiger partial charge in [0.25, 0.3) is 0 Å². The lowest BCUT2D eigenvalue weighted by Crippen LogP contribution is -2.11. The summed E-state index contributed by atoms with van der Waals surface area (Å²) in [6, 6.07) is 9.79. The van der Waals surface area contributed by atoms with Gasteiger partial charge in [0.15, 0.2) is 0 Å². The highest BCUT2D eigenvalue weighted by Crippen LogP contribution is 2.31. The number of aryl methyl sites for hydroxylation is 3. The quantitative estimate of drug-likeness (QED) is 0.808. The van der Waals surface area contributed by atoms with E-state index in [4.69, 9.17) is 22.7 Å². The van der Waals surface area contributed by atoms with Crippen LogP contribution in [0.2, 0.25) is 0 Å². The lowest BCUT2D eigenvalue weighted by atomic mass is 10.1. The maximum Gasteiger partial charge on any atom is 0.137 e. The molecule has 0 saturated heterocycles. The van der Waals surface area contributed by atoms with E-state index in [9.17, 15) is 0 Å². The minimum absolute atomic E-state index is 0.342. The fraction of sp³-hybridized carbons (Fsp3) is 0.188. The normalized spacial score (nSPS) is 10.4. The molecule has 0 aliphatic carbocycles. The average Bonchev–Trinajstić information content (AvgIpc) is 2.37. The van der Waals surface area contributed by atoms with Crippen molar-refractivity contribution in [1.82, 2.24) is 0 Å². The van der Waals surface area contributed by atoms with Crippen molar-refractivity contribution in [3.63, 3.8) is 0 Å². The molecule has 2 nitrogen and oxygen atoms in total. The summed E-state index contributed by atoms with van der Waals surface area (Å²) in [5.74, 6) is 1.47. The SMILES string of the molecule is Cc1ccc(Oc2cc(C)c(Br)c(C)c2)c(C(N)=S)c1. The van der Waals surface area contributed by atoms with Gasteiger partial charge in [-0.2, -0.15) is 0 Å². The maximum atomic E-state index is 5.95. The van der Waals surface area contributed by atoms with Gasteiger partial charge in [-0.25, -0.2) is 0 Å². The fourth-order valence-electron chi connectivity index (χ4n) is 2.02. The molecule has 0 spiro atoms. The van der Waals surface area contributed by atoms with Crippen LogP contribution in [0.25, 0.3) is 0 Å². The first-order valence-electron chi connectivity index (χ1n) is 6.23. The molecule has 0 fully saturated rings. The van der Waals surface area contributed by atoms with E-state index in [1.807, 2.05) is 51.1 Å². The molecule has 0 aromatic heterocycles. The van der Waals surface area contributed by atoms with Crippen LogP contribution in [0.4, 0.5) is 0 Å². The van der Waals surface area contributed by atoms with E-state index in [0.717, 1.165) is 32.5 Å². The second-order valence-electron chi connectivity index (χ2n) is 4.84. The molecule has 2 N–H and O–H groups in total. The lowest BCUT2D eigenvalue weighted by Gasteiger charge is -2.13. The Labute approximate surface area is 133 Å². The molecule has 0 heterocycles. The summed E-state index contributed by atoms with van der Waals surface area (Å²) in [7, 11) is 0. The van der Waals surface area contributed by atoms with Crippen LogP contribution in [0, 0.1) is 20.8 Å². The van der Waals surface area contributed by atoms with Crippen molar-refractivity contribution < 1.29 is 4.74 Å². The summed E-state index contributed by atoms with van der Waals surface area (Å²) in [6.45, 7) is 6.07. The Morgan fingerprint density at radius 3 is 2.25 bits per heavy atom. The molecule has 2 aromatic carbocycles. The molecular weight excluding hydrogens is 334 g/mol. The van der Waals surface area contributed by atoms with E-state index in [-0.39, 0.29) is 0 Å². The first kappa shape index (κ1) is 15.0. The summed E-state index contributed by atoms with van der Waals surface area (Å²) in [5, 5.41) is 0. The third-order valence-electron chi connectivity index (χ3n) is 3.04. The molecule has 4 heteroatoms. The molecule has 2 aromatic rings. The highest BCUT2D eigenvalue weighted by molar-refractivity contribution is 9.10. The predicted molar refractivity (Wildman–Crippen MR) is 90.8 cm³/mol. The number of thiocarbonyl (C=S) groups is 1. The Hall–Kier alpha value is -1.39. The van der Waals surface area contributed by atoms with E-state index >= 15 is 0 Å². The highest BCUT2D eigenvalue weighted by Gasteiger charge is 2.10. The molecule has 20 heavy (non-hydrogen) atoms. The largest absolute Gasteiger partial charge is 0.457 e.